The molecule has 0 saturated heterocycles. The summed E-state index contributed by atoms with van der Waals surface area (Å²) < 4.78 is 54.2. The summed E-state index contributed by atoms with van der Waals surface area (Å²) in [7, 11) is 8.75. The molecule has 11 nitrogen and oxygen atoms in total. The molecule has 42 heavy (non-hydrogen) atoms. The van der Waals surface area contributed by atoms with E-state index in [4.69, 9.17) is 9.47 Å². The molecule has 4 rings (SSSR count). The van der Waals surface area contributed by atoms with Crippen LogP contribution >= 0.6 is 0 Å². The van der Waals surface area contributed by atoms with Crippen molar-refractivity contribution in [3.63, 3.8) is 0 Å². The summed E-state index contributed by atoms with van der Waals surface area (Å²) in [6.45, 7) is 5.03. The summed E-state index contributed by atoms with van der Waals surface area (Å²) in [5.74, 6) is 0.224. The van der Waals surface area contributed by atoms with Crippen molar-refractivity contribution in [1.82, 2.24) is 24.6 Å². The summed E-state index contributed by atoms with van der Waals surface area (Å²) >= 11 is 0. The van der Waals surface area contributed by atoms with E-state index in [1.54, 1.807) is 30.3 Å². The minimum Gasteiger partial charge on any atom is -0.497 e. The highest BCUT2D eigenvalue weighted by Gasteiger charge is 2.36. The first-order valence-electron chi connectivity index (χ1n) is 12.8. The van der Waals surface area contributed by atoms with Crippen LogP contribution in [0.5, 0.6) is 11.5 Å². The van der Waals surface area contributed by atoms with Gasteiger partial charge in [0.05, 0.1) is 43.0 Å². The minimum atomic E-state index is -4.75. The molecule has 3 N–H and O–H groups in total. The molecule has 0 radical (unpaired) electrons. The van der Waals surface area contributed by atoms with Crippen LogP contribution in [0.4, 0.5) is 36.2 Å². The first kappa shape index (κ1) is 30.4. The van der Waals surface area contributed by atoms with Crippen molar-refractivity contribution in [1.29, 1.82) is 0 Å². The minimum absolute atomic E-state index is 0.133. The predicted molar refractivity (Wildman–Crippen MR) is 156 cm³/mol. The van der Waals surface area contributed by atoms with Gasteiger partial charge in [-0.15, -0.1) is 0 Å². The van der Waals surface area contributed by atoms with Crippen LogP contribution in [-0.4, -0.2) is 84.4 Å². The monoisotopic (exact) mass is 586 g/mol. The van der Waals surface area contributed by atoms with Crippen molar-refractivity contribution in [2.24, 2.45) is 0 Å². The Kier molecular flexibility index (Phi) is 9.07. The number of ether oxygens (including phenoxy) is 2. The van der Waals surface area contributed by atoms with E-state index in [0.717, 1.165) is 11.2 Å². The van der Waals surface area contributed by atoms with Gasteiger partial charge in [0.15, 0.2) is 5.82 Å². The number of likely N-dealkylation sites (N-methyl/N-ethyl adjacent to an activating group) is 2. The number of anilines is 4. The Balaban J connectivity index is 1.80. The zero-order valence-electron chi connectivity index (χ0n) is 23.9. The second-order valence-electron chi connectivity index (χ2n) is 9.65. The van der Waals surface area contributed by atoms with Crippen molar-refractivity contribution in [2.75, 3.05) is 64.0 Å². The van der Waals surface area contributed by atoms with E-state index in [1.165, 1.54) is 26.5 Å². The van der Waals surface area contributed by atoms with E-state index < -0.39 is 23.8 Å². The van der Waals surface area contributed by atoms with Crippen LogP contribution in [0.25, 0.3) is 16.7 Å². The number of aliphatic hydroxyl groups is 1. The van der Waals surface area contributed by atoms with Crippen LogP contribution in [0.2, 0.25) is 0 Å². The van der Waals surface area contributed by atoms with Crippen LogP contribution in [0.1, 0.15) is 5.56 Å². The van der Waals surface area contributed by atoms with Gasteiger partial charge in [0, 0.05) is 43.9 Å². The summed E-state index contributed by atoms with van der Waals surface area (Å²) in [5, 5.41) is 21.0. The zero-order valence-corrected chi connectivity index (χ0v) is 23.9. The van der Waals surface area contributed by atoms with E-state index in [9.17, 15) is 18.3 Å². The molecule has 14 heteroatoms. The number of fused-ring (bicyclic) bond motifs is 1. The molecule has 1 atom stereocenters. The molecule has 0 amide bonds. The average molecular weight is 587 g/mol. The summed E-state index contributed by atoms with van der Waals surface area (Å²) in [6, 6.07) is 8.36. The number of nitrogens with one attached hydrogen (secondary N) is 2. The number of hydrogen-bond donors (Lipinski definition) is 3. The molecule has 0 aliphatic carbocycles. The predicted octanol–water partition coefficient (Wildman–Crippen LogP) is 4.51. The van der Waals surface area contributed by atoms with Crippen molar-refractivity contribution in [3.8, 4) is 17.3 Å². The maximum Gasteiger partial charge on any atom is 0.421 e. The maximum absolute atomic E-state index is 14.1. The fourth-order valence-electron chi connectivity index (χ4n) is 4.16. The van der Waals surface area contributed by atoms with Crippen LogP contribution < -0.4 is 25.0 Å². The van der Waals surface area contributed by atoms with Gasteiger partial charge in [-0.1, -0.05) is 6.58 Å². The Bertz CT molecular complexity index is 1560. The smallest absolute Gasteiger partial charge is 0.421 e. The standard InChI is InChI=1S/C28H33F3N8O3/c1-7-25(40)34-20-13-21(24(42-6)14-23(20)38(4)11-10-37(2)3)35-27-32-16-19(28(29,30)31)26(36-27)39-22-12-18(41-5)9-8-17(22)15-33-39/h7-9,12-16,25,34,40H,1,10-11H2,2-6H3,(H,32,35,36). The van der Waals surface area contributed by atoms with Crippen molar-refractivity contribution in [3.05, 3.63) is 60.9 Å². The van der Waals surface area contributed by atoms with E-state index in [2.05, 4.69) is 32.3 Å². The lowest BCUT2D eigenvalue weighted by Crippen LogP contribution is -2.29. The lowest BCUT2D eigenvalue weighted by atomic mass is 10.2. The molecule has 2 aromatic carbocycles. The van der Waals surface area contributed by atoms with E-state index in [0.29, 0.717) is 52.2 Å². The third-order valence-electron chi connectivity index (χ3n) is 6.44. The maximum atomic E-state index is 14.1. The highest BCUT2D eigenvalue weighted by atomic mass is 19.4. The molecule has 0 bridgehead atoms. The van der Waals surface area contributed by atoms with E-state index >= 15 is 0 Å². The highest BCUT2D eigenvalue weighted by Crippen LogP contribution is 2.39. The van der Waals surface area contributed by atoms with Gasteiger partial charge in [0.25, 0.3) is 0 Å². The number of nitrogens with zero attached hydrogens (tertiary/aromatic N) is 6. The normalized spacial score (nSPS) is 12.3. The van der Waals surface area contributed by atoms with Crippen LogP contribution in [0, 0.1) is 0 Å². The number of hydrogen-bond acceptors (Lipinski definition) is 10. The Hall–Kier alpha value is -4.56. The topological polar surface area (TPSA) is 113 Å². The highest BCUT2D eigenvalue weighted by molar-refractivity contribution is 5.82. The number of methoxy groups -OCH3 is 2. The Morgan fingerprint density at radius 1 is 1.07 bits per heavy atom. The van der Waals surface area contributed by atoms with Crippen LogP contribution in [0.15, 0.2) is 55.4 Å². The molecule has 0 aliphatic rings. The molecular formula is C28H33F3N8O3. The zero-order chi connectivity index (χ0) is 30.6. The molecule has 2 aromatic heterocycles. The van der Waals surface area contributed by atoms with Crippen LogP contribution in [-0.2, 0) is 6.18 Å². The number of aliphatic hydroxyl groups excluding tert-OH is 1. The molecular weight excluding hydrogens is 553 g/mol. The number of aromatic nitrogens is 4. The van der Waals surface area contributed by atoms with Crippen LogP contribution in [0.3, 0.4) is 0 Å². The van der Waals surface area contributed by atoms with Gasteiger partial charge in [0.1, 0.15) is 23.3 Å². The lowest BCUT2D eigenvalue weighted by molar-refractivity contribution is -0.138. The Morgan fingerprint density at radius 3 is 2.48 bits per heavy atom. The van der Waals surface area contributed by atoms with Gasteiger partial charge in [-0.25, -0.2) is 9.67 Å². The molecule has 0 spiro atoms. The molecule has 2 heterocycles. The SMILES string of the molecule is C=CC(O)Nc1cc(Nc2ncc(C(F)(F)F)c(-n3ncc4ccc(OC)cc43)n2)c(OC)cc1N(C)CCN(C)C. The van der Waals surface area contributed by atoms with Crippen molar-refractivity contribution < 1.29 is 27.8 Å². The van der Waals surface area contributed by atoms with E-state index in [-0.39, 0.29) is 5.95 Å². The lowest BCUT2D eigenvalue weighted by Gasteiger charge is -2.27. The molecule has 0 fully saturated rings. The number of benzene rings is 2. The van der Waals surface area contributed by atoms with Gasteiger partial charge in [0.2, 0.25) is 5.95 Å². The first-order valence-corrected chi connectivity index (χ1v) is 12.8. The molecule has 224 valence electrons. The van der Waals surface area contributed by atoms with Gasteiger partial charge in [-0.3, -0.25) is 0 Å². The molecule has 4 aromatic rings. The summed E-state index contributed by atoms with van der Waals surface area (Å²) in [4.78, 5) is 12.2. The summed E-state index contributed by atoms with van der Waals surface area (Å²) in [6.07, 6.45) is -2.34. The number of halogens is 3. The summed E-state index contributed by atoms with van der Waals surface area (Å²) in [5.41, 5.74) is 0.883. The third-order valence-corrected chi connectivity index (χ3v) is 6.44. The molecule has 0 saturated carbocycles. The van der Waals surface area contributed by atoms with Gasteiger partial charge >= 0.3 is 6.18 Å². The quantitative estimate of drug-likeness (QED) is 0.162. The van der Waals surface area contributed by atoms with Gasteiger partial charge in [-0.2, -0.15) is 23.3 Å². The largest absolute Gasteiger partial charge is 0.497 e. The molecule has 0 aliphatic heterocycles. The Morgan fingerprint density at radius 2 is 1.83 bits per heavy atom. The number of rotatable bonds is 12. The Labute approximate surface area is 241 Å². The van der Waals surface area contributed by atoms with Crippen molar-refractivity contribution in [2.45, 2.75) is 12.4 Å². The fraction of sp³-hybridized carbons (Fsp3) is 0.321. The first-order chi connectivity index (χ1) is 19.9. The third kappa shape index (κ3) is 6.66. The average Bonchev–Trinajstić information content (AvgIpc) is 3.38. The second kappa shape index (κ2) is 12.5. The van der Waals surface area contributed by atoms with Gasteiger partial charge in [-0.05, 0) is 38.4 Å². The van der Waals surface area contributed by atoms with Crippen molar-refractivity contribution >= 4 is 33.9 Å². The number of alkyl halides is 3. The molecule has 1 unspecified atom stereocenters. The van der Waals surface area contributed by atoms with E-state index in [1.807, 2.05) is 30.9 Å². The van der Waals surface area contributed by atoms with Gasteiger partial charge < -0.3 is 35.0 Å². The second-order valence-corrected chi connectivity index (χ2v) is 9.65. The fourth-order valence-corrected chi connectivity index (χ4v) is 4.16.